The molecule has 2 aromatic heterocycles. The SMILES string of the molecule is CN(C)C(=O)c1ccc(-c2cnno2)cc1-c1cnno1. The number of rotatable bonds is 3. The van der Waals surface area contributed by atoms with Gasteiger partial charge in [0.25, 0.3) is 5.91 Å². The van der Waals surface area contributed by atoms with E-state index in [1.54, 1.807) is 32.3 Å². The third kappa shape index (κ3) is 2.38. The topological polar surface area (TPSA) is 98.2 Å². The van der Waals surface area contributed by atoms with Crippen LogP contribution in [-0.2, 0) is 0 Å². The fraction of sp³-hybridized carbons (Fsp3) is 0.154. The molecule has 1 amide bonds. The summed E-state index contributed by atoms with van der Waals surface area (Å²) in [4.78, 5) is 13.7. The van der Waals surface area contributed by atoms with Crippen LogP contribution in [0.2, 0.25) is 0 Å². The van der Waals surface area contributed by atoms with E-state index in [2.05, 4.69) is 20.7 Å². The van der Waals surface area contributed by atoms with Crippen LogP contribution in [0.4, 0.5) is 0 Å². The molecule has 0 spiro atoms. The molecule has 0 N–H and O–H groups in total. The first-order chi connectivity index (χ1) is 10.2. The van der Waals surface area contributed by atoms with Crippen molar-refractivity contribution in [1.29, 1.82) is 0 Å². The Morgan fingerprint density at radius 3 is 2.29 bits per heavy atom. The molecular formula is C13H11N5O3. The van der Waals surface area contributed by atoms with E-state index in [0.717, 1.165) is 5.56 Å². The standard InChI is InChI=1S/C13H11N5O3/c1-18(2)13(19)9-4-3-8(11-6-14-16-20-11)5-10(9)12-7-15-17-21-12/h3-7H,1-2H3. The van der Waals surface area contributed by atoms with Crippen LogP contribution >= 0.6 is 0 Å². The van der Waals surface area contributed by atoms with Crippen LogP contribution in [-0.4, -0.2) is 45.6 Å². The van der Waals surface area contributed by atoms with Crippen molar-refractivity contribution in [2.24, 2.45) is 0 Å². The molecule has 3 aromatic rings. The van der Waals surface area contributed by atoms with E-state index in [9.17, 15) is 4.79 Å². The summed E-state index contributed by atoms with van der Waals surface area (Å²) in [7, 11) is 3.36. The number of carbonyl (C=O) groups excluding carboxylic acids is 1. The van der Waals surface area contributed by atoms with Gasteiger partial charge in [-0.1, -0.05) is 6.07 Å². The molecule has 106 valence electrons. The minimum Gasteiger partial charge on any atom is -0.345 e. The summed E-state index contributed by atoms with van der Waals surface area (Å²) in [6.07, 6.45) is 2.94. The molecule has 0 aliphatic heterocycles. The van der Waals surface area contributed by atoms with Crippen LogP contribution in [0.5, 0.6) is 0 Å². The van der Waals surface area contributed by atoms with E-state index < -0.39 is 0 Å². The second kappa shape index (κ2) is 5.16. The zero-order valence-corrected chi connectivity index (χ0v) is 11.3. The van der Waals surface area contributed by atoms with Gasteiger partial charge in [0.05, 0.1) is 18.0 Å². The number of carbonyl (C=O) groups is 1. The third-order valence-electron chi connectivity index (χ3n) is 2.93. The third-order valence-corrected chi connectivity index (χ3v) is 2.93. The predicted octanol–water partition coefficient (Wildman–Crippen LogP) is 1.49. The second-order valence-corrected chi connectivity index (χ2v) is 4.52. The van der Waals surface area contributed by atoms with Crippen LogP contribution < -0.4 is 0 Å². The second-order valence-electron chi connectivity index (χ2n) is 4.52. The van der Waals surface area contributed by atoms with Gasteiger partial charge in [-0.3, -0.25) is 4.79 Å². The number of benzene rings is 1. The lowest BCUT2D eigenvalue weighted by atomic mass is 10.0. The Morgan fingerprint density at radius 2 is 1.71 bits per heavy atom. The average molecular weight is 285 g/mol. The van der Waals surface area contributed by atoms with Gasteiger partial charge in [-0.15, -0.1) is 10.2 Å². The first kappa shape index (κ1) is 13.0. The van der Waals surface area contributed by atoms with Crippen molar-refractivity contribution in [3.05, 3.63) is 36.2 Å². The van der Waals surface area contributed by atoms with E-state index in [0.29, 0.717) is 22.6 Å². The van der Waals surface area contributed by atoms with Gasteiger partial charge in [-0.25, -0.2) is 0 Å². The van der Waals surface area contributed by atoms with Crippen LogP contribution in [0.25, 0.3) is 22.6 Å². The van der Waals surface area contributed by atoms with Crippen molar-refractivity contribution in [2.45, 2.75) is 0 Å². The van der Waals surface area contributed by atoms with Gasteiger partial charge in [-0.2, -0.15) is 0 Å². The zero-order valence-electron chi connectivity index (χ0n) is 11.3. The summed E-state index contributed by atoms with van der Waals surface area (Å²) in [5.41, 5.74) is 1.78. The monoisotopic (exact) mass is 285 g/mol. The first-order valence-electron chi connectivity index (χ1n) is 6.08. The largest absolute Gasteiger partial charge is 0.345 e. The van der Waals surface area contributed by atoms with Crippen molar-refractivity contribution in [3.8, 4) is 22.6 Å². The molecule has 8 heteroatoms. The molecule has 8 nitrogen and oxygen atoms in total. The molecule has 3 rings (SSSR count). The average Bonchev–Trinajstić information content (AvgIpc) is 3.18. The molecule has 0 saturated carbocycles. The molecule has 0 saturated heterocycles. The van der Waals surface area contributed by atoms with Crippen LogP contribution in [0, 0.1) is 0 Å². The zero-order chi connectivity index (χ0) is 14.8. The Hall–Kier alpha value is -3.03. The van der Waals surface area contributed by atoms with Crippen molar-refractivity contribution < 1.29 is 13.8 Å². The highest BCUT2D eigenvalue weighted by Crippen LogP contribution is 2.29. The minimum absolute atomic E-state index is 0.149. The van der Waals surface area contributed by atoms with Crippen molar-refractivity contribution in [2.75, 3.05) is 14.1 Å². The number of aromatic nitrogens is 4. The fourth-order valence-corrected chi connectivity index (χ4v) is 1.91. The summed E-state index contributed by atoms with van der Waals surface area (Å²) in [5, 5.41) is 14.2. The summed E-state index contributed by atoms with van der Waals surface area (Å²) < 4.78 is 10.1. The van der Waals surface area contributed by atoms with Gasteiger partial charge >= 0.3 is 0 Å². The van der Waals surface area contributed by atoms with E-state index in [1.807, 2.05) is 0 Å². The summed E-state index contributed by atoms with van der Waals surface area (Å²) in [6.45, 7) is 0. The number of hydrogen-bond acceptors (Lipinski definition) is 7. The van der Waals surface area contributed by atoms with Crippen LogP contribution in [0.3, 0.4) is 0 Å². The van der Waals surface area contributed by atoms with Crippen molar-refractivity contribution in [1.82, 2.24) is 25.6 Å². The molecule has 21 heavy (non-hydrogen) atoms. The summed E-state index contributed by atoms with van der Waals surface area (Å²) >= 11 is 0. The Kier molecular flexibility index (Phi) is 3.19. The van der Waals surface area contributed by atoms with Crippen molar-refractivity contribution in [3.63, 3.8) is 0 Å². The number of amides is 1. The molecule has 0 aliphatic carbocycles. The van der Waals surface area contributed by atoms with Gasteiger partial charge in [0, 0.05) is 35.8 Å². The smallest absolute Gasteiger partial charge is 0.254 e. The fourth-order valence-electron chi connectivity index (χ4n) is 1.91. The Balaban J connectivity index is 2.16. The normalized spacial score (nSPS) is 10.6. The van der Waals surface area contributed by atoms with Gasteiger partial charge in [0.1, 0.15) is 0 Å². The number of nitrogens with zero attached hydrogens (tertiary/aromatic N) is 5. The summed E-state index contributed by atoms with van der Waals surface area (Å²) in [6, 6.07) is 5.20. The van der Waals surface area contributed by atoms with E-state index in [-0.39, 0.29) is 5.91 Å². The van der Waals surface area contributed by atoms with Gasteiger partial charge in [-0.05, 0) is 12.1 Å². The Labute approximate surface area is 119 Å². The molecule has 0 bridgehead atoms. The molecular weight excluding hydrogens is 274 g/mol. The molecule has 1 aromatic carbocycles. The van der Waals surface area contributed by atoms with Crippen molar-refractivity contribution >= 4 is 5.91 Å². The predicted molar refractivity (Wildman–Crippen MR) is 71.0 cm³/mol. The molecule has 0 aliphatic rings. The van der Waals surface area contributed by atoms with Gasteiger partial charge in [0.15, 0.2) is 11.5 Å². The maximum Gasteiger partial charge on any atom is 0.254 e. The Bertz CT molecular complexity index is 750. The number of hydrogen-bond donors (Lipinski definition) is 0. The van der Waals surface area contributed by atoms with E-state index >= 15 is 0 Å². The lowest BCUT2D eigenvalue weighted by molar-refractivity contribution is 0.0828. The highest BCUT2D eigenvalue weighted by molar-refractivity contribution is 6.00. The maximum atomic E-state index is 12.3. The van der Waals surface area contributed by atoms with E-state index in [4.69, 9.17) is 9.05 Å². The minimum atomic E-state index is -0.149. The van der Waals surface area contributed by atoms with E-state index in [1.165, 1.54) is 17.3 Å². The molecule has 0 unspecified atom stereocenters. The lowest BCUT2D eigenvalue weighted by Crippen LogP contribution is -2.22. The maximum absolute atomic E-state index is 12.3. The molecule has 2 heterocycles. The highest BCUT2D eigenvalue weighted by atomic mass is 16.5. The Morgan fingerprint density at radius 1 is 1.05 bits per heavy atom. The van der Waals surface area contributed by atoms with Crippen LogP contribution in [0.1, 0.15) is 10.4 Å². The summed E-state index contributed by atoms with van der Waals surface area (Å²) in [5.74, 6) is 0.741. The van der Waals surface area contributed by atoms with Crippen LogP contribution in [0.15, 0.2) is 39.6 Å². The molecule has 0 atom stereocenters. The lowest BCUT2D eigenvalue weighted by Gasteiger charge is -2.13. The highest BCUT2D eigenvalue weighted by Gasteiger charge is 2.19. The van der Waals surface area contributed by atoms with Gasteiger partial charge in [0.2, 0.25) is 0 Å². The molecule has 0 radical (unpaired) electrons. The molecule has 0 fully saturated rings. The van der Waals surface area contributed by atoms with Gasteiger partial charge < -0.3 is 13.9 Å². The quantitative estimate of drug-likeness (QED) is 0.718. The first-order valence-corrected chi connectivity index (χ1v) is 6.08.